The Balaban J connectivity index is 1.32. The van der Waals surface area contributed by atoms with Gasteiger partial charge in [-0.25, -0.2) is 19.9 Å². The fourth-order valence-corrected chi connectivity index (χ4v) is 4.91. The largest absolute Gasteiger partial charge is 0.377 e. The van der Waals surface area contributed by atoms with E-state index in [1.54, 1.807) is 13.4 Å². The summed E-state index contributed by atoms with van der Waals surface area (Å²) in [5, 5.41) is 1.01. The van der Waals surface area contributed by atoms with Gasteiger partial charge in [0.05, 0.1) is 6.33 Å². The number of hydrogen-bond donors (Lipinski definition) is 0. The average molecular weight is 386 g/mol. The first-order valence-corrected chi connectivity index (χ1v) is 10.0. The van der Waals surface area contributed by atoms with Crippen LogP contribution in [0.25, 0.3) is 11.2 Å². The molecule has 2 aliphatic rings. The number of fused-ring (bicyclic) bond motifs is 2. The minimum atomic E-state index is 0.471. The number of aromatic nitrogens is 6. The summed E-state index contributed by atoms with van der Waals surface area (Å²) in [6.07, 6.45) is 3.51. The van der Waals surface area contributed by atoms with E-state index >= 15 is 0 Å². The fourth-order valence-electron chi connectivity index (χ4n) is 4.21. The maximum absolute atomic E-state index is 5.12. The van der Waals surface area contributed by atoms with E-state index in [-0.39, 0.29) is 0 Å². The highest BCUT2D eigenvalue weighted by Crippen LogP contribution is 2.37. The molecule has 142 valence electrons. The van der Waals surface area contributed by atoms with Crippen molar-refractivity contribution >= 4 is 33.6 Å². The number of imidazole rings is 1. The quantitative estimate of drug-likeness (QED) is 0.651. The van der Waals surface area contributed by atoms with Gasteiger partial charge in [-0.1, -0.05) is 0 Å². The second-order valence-electron chi connectivity index (χ2n) is 7.16. The average Bonchev–Trinajstić information content (AvgIpc) is 3.43. The molecule has 0 bridgehead atoms. The Morgan fingerprint density at radius 3 is 2.63 bits per heavy atom. The van der Waals surface area contributed by atoms with Crippen molar-refractivity contribution in [1.82, 2.24) is 28.9 Å². The van der Waals surface area contributed by atoms with Crippen LogP contribution in [0.3, 0.4) is 0 Å². The van der Waals surface area contributed by atoms with E-state index in [2.05, 4.69) is 45.6 Å². The van der Waals surface area contributed by atoms with E-state index in [1.807, 2.05) is 6.33 Å². The Kier molecular flexibility index (Phi) is 4.16. The predicted molar refractivity (Wildman–Crippen MR) is 103 cm³/mol. The van der Waals surface area contributed by atoms with Gasteiger partial charge in [-0.2, -0.15) is 4.37 Å². The molecule has 9 nitrogen and oxygen atoms in total. The molecule has 2 unspecified atom stereocenters. The topological polar surface area (TPSA) is 85.1 Å². The van der Waals surface area contributed by atoms with Crippen molar-refractivity contribution in [2.75, 3.05) is 43.1 Å². The van der Waals surface area contributed by atoms with Gasteiger partial charge in [-0.05, 0) is 6.92 Å². The number of anilines is 2. The Morgan fingerprint density at radius 1 is 1.11 bits per heavy atom. The molecule has 0 saturated carbocycles. The summed E-state index contributed by atoms with van der Waals surface area (Å²) in [5.74, 6) is 2.95. The van der Waals surface area contributed by atoms with Gasteiger partial charge in [-0.15, -0.1) is 0 Å². The summed E-state index contributed by atoms with van der Waals surface area (Å²) < 4.78 is 11.6. The van der Waals surface area contributed by atoms with E-state index in [0.29, 0.717) is 18.4 Å². The van der Waals surface area contributed by atoms with Gasteiger partial charge in [0.15, 0.2) is 22.8 Å². The van der Waals surface area contributed by atoms with Gasteiger partial charge in [-0.3, -0.25) is 0 Å². The highest BCUT2D eigenvalue weighted by Gasteiger charge is 2.42. The zero-order valence-corrected chi connectivity index (χ0v) is 16.3. The molecule has 10 heteroatoms. The Hall–Kier alpha value is -2.33. The summed E-state index contributed by atoms with van der Waals surface area (Å²) in [7, 11) is 1.67. The molecule has 0 aromatic carbocycles. The monoisotopic (exact) mass is 386 g/mol. The number of methoxy groups -OCH3 is 1. The second kappa shape index (κ2) is 6.68. The van der Waals surface area contributed by atoms with E-state index in [0.717, 1.165) is 60.7 Å². The fraction of sp³-hybridized carbons (Fsp3) is 0.588. The maximum Gasteiger partial charge on any atom is 0.205 e. The second-order valence-corrected chi connectivity index (χ2v) is 7.89. The Morgan fingerprint density at radius 2 is 1.89 bits per heavy atom. The van der Waals surface area contributed by atoms with Gasteiger partial charge >= 0.3 is 0 Å². The summed E-state index contributed by atoms with van der Waals surface area (Å²) >= 11 is 1.47. The molecular formula is C17H22N8OS. The zero-order chi connectivity index (χ0) is 18.4. The van der Waals surface area contributed by atoms with Crippen LogP contribution in [0.2, 0.25) is 0 Å². The lowest BCUT2D eigenvalue weighted by Gasteiger charge is -2.21. The summed E-state index contributed by atoms with van der Waals surface area (Å²) in [6.45, 7) is 7.45. The number of ether oxygens (including phenoxy) is 1. The van der Waals surface area contributed by atoms with Crippen LogP contribution < -0.4 is 9.80 Å². The van der Waals surface area contributed by atoms with Gasteiger partial charge < -0.3 is 19.1 Å². The molecule has 0 spiro atoms. The molecule has 0 radical (unpaired) electrons. The molecule has 0 aliphatic carbocycles. The van der Waals surface area contributed by atoms with Crippen molar-refractivity contribution in [1.29, 1.82) is 0 Å². The summed E-state index contributed by atoms with van der Waals surface area (Å²) in [4.78, 5) is 22.9. The molecule has 2 saturated heterocycles. The first kappa shape index (κ1) is 16.8. The van der Waals surface area contributed by atoms with Crippen LogP contribution in [0, 0.1) is 11.8 Å². The highest BCUT2D eigenvalue weighted by atomic mass is 32.1. The van der Waals surface area contributed by atoms with Gasteiger partial charge in [0, 0.05) is 63.2 Å². The lowest BCUT2D eigenvalue weighted by molar-refractivity contribution is 0.179. The molecule has 5 heterocycles. The lowest BCUT2D eigenvalue weighted by Crippen LogP contribution is -2.29. The maximum atomic E-state index is 5.12. The minimum absolute atomic E-state index is 0.471. The van der Waals surface area contributed by atoms with Crippen LogP contribution in [0.15, 0.2) is 12.7 Å². The summed E-state index contributed by atoms with van der Waals surface area (Å²) in [6, 6.07) is 0. The predicted octanol–water partition coefficient (Wildman–Crippen LogP) is 1.42. The number of hydrogen-bond acceptors (Lipinski definition) is 9. The normalized spacial score (nSPS) is 22.1. The molecule has 2 fully saturated rings. The van der Waals surface area contributed by atoms with Crippen molar-refractivity contribution in [2.45, 2.75) is 20.1 Å². The third kappa shape index (κ3) is 2.83. The van der Waals surface area contributed by atoms with Crippen LogP contribution in [0.4, 0.5) is 10.9 Å². The first-order valence-electron chi connectivity index (χ1n) is 9.24. The molecule has 3 aromatic rings. The smallest absolute Gasteiger partial charge is 0.205 e. The van der Waals surface area contributed by atoms with E-state index in [9.17, 15) is 0 Å². The Labute approximate surface area is 161 Å². The van der Waals surface area contributed by atoms with Crippen LogP contribution >= 0.6 is 11.5 Å². The molecule has 5 rings (SSSR count). The van der Waals surface area contributed by atoms with E-state index < -0.39 is 0 Å². The third-order valence-electron chi connectivity index (χ3n) is 5.51. The SMILES string of the molecule is CCn1cnc2c(N3CC4CN(c5nc(COC)ns5)CC4C3)ncnc21. The van der Waals surface area contributed by atoms with Crippen LogP contribution in [-0.2, 0) is 17.9 Å². The van der Waals surface area contributed by atoms with Crippen LogP contribution in [0.1, 0.15) is 12.7 Å². The van der Waals surface area contributed by atoms with E-state index in [4.69, 9.17) is 4.74 Å². The van der Waals surface area contributed by atoms with Crippen LogP contribution in [0.5, 0.6) is 0 Å². The molecular weight excluding hydrogens is 364 g/mol. The molecule has 2 atom stereocenters. The molecule has 0 N–H and O–H groups in total. The van der Waals surface area contributed by atoms with Crippen molar-refractivity contribution < 1.29 is 4.74 Å². The molecule has 3 aromatic heterocycles. The number of rotatable bonds is 5. The lowest BCUT2D eigenvalue weighted by atomic mass is 10.0. The van der Waals surface area contributed by atoms with Crippen LogP contribution in [-0.4, -0.2) is 62.2 Å². The highest BCUT2D eigenvalue weighted by molar-refractivity contribution is 7.09. The van der Waals surface area contributed by atoms with E-state index in [1.165, 1.54) is 11.5 Å². The van der Waals surface area contributed by atoms with Gasteiger partial charge in [0.1, 0.15) is 12.9 Å². The molecule has 2 aliphatic heterocycles. The van der Waals surface area contributed by atoms with Crippen molar-refractivity contribution in [3.63, 3.8) is 0 Å². The minimum Gasteiger partial charge on any atom is -0.377 e. The Bertz CT molecular complexity index is 941. The van der Waals surface area contributed by atoms with Crippen molar-refractivity contribution in [2.24, 2.45) is 11.8 Å². The van der Waals surface area contributed by atoms with Gasteiger partial charge in [0.25, 0.3) is 0 Å². The standard InChI is InChI=1S/C17H22N8OS/c1-3-23-10-20-14-15(23)18-9-19-16(14)24-4-11-6-25(7-12(11)5-24)17-21-13(8-26-2)22-27-17/h9-12H,3-8H2,1-2H3. The van der Waals surface area contributed by atoms with Crippen molar-refractivity contribution in [3.8, 4) is 0 Å². The molecule has 0 amide bonds. The summed E-state index contributed by atoms with van der Waals surface area (Å²) in [5.41, 5.74) is 1.82. The van der Waals surface area contributed by atoms with Crippen molar-refractivity contribution in [3.05, 3.63) is 18.5 Å². The number of aryl methyl sites for hydroxylation is 1. The third-order valence-corrected chi connectivity index (χ3v) is 6.32. The number of nitrogens with zero attached hydrogens (tertiary/aromatic N) is 8. The van der Waals surface area contributed by atoms with Gasteiger partial charge in [0.2, 0.25) is 5.13 Å². The first-order chi connectivity index (χ1) is 13.3. The molecule has 27 heavy (non-hydrogen) atoms. The zero-order valence-electron chi connectivity index (χ0n) is 15.4.